The average molecular weight is 263 g/mol. The van der Waals surface area contributed by atoms with E-state index in [-0.39, 0.29) is 17.5 Å². The lowest BCUT2D eigenvalue weighted by Crippen LogP contribution is -2.36. The molecule has 1 saturated heterocycles. The number of hydrogen-bond donors (Lipinski definition) is 1. The van der Waals surface area contributed by atoms with Crippen LogP contribution in [-0.4, -0.2) is 31.0 Å². The monoisotopic (exact) mass is 263 g/mol. The summed E-state index contributed by atoms with van der Waals surface area (Å²) in [6, 6.07) is 6.02. The summed E-state index contributed by atoms with van der Waals surface area (Å²) in [5.74, 6) is 0.333. The normalized spacial score (nSPS) is 22.2. The molecule has 0 bridgehead atoms. The fourth-order valence-electron chi connectivity index (χ4n) is 2.31. The van der Waals surface area contributed by atoms with Crippen molar-refractivity contribution in [2.75, 3.05) is 25.0 Å². The van der Waals surface area contributed by atoms with Crippen LogP contribution in [0.25, 0.3) is 0 Å². The molecule has 1 aromatic rings. The van der Waals surface area contributed by atoms with Gasteiger partial charge in [-0.25, -0.2) is 0 Å². The standard InChI is InChI=1S/C13H17N3O3/c1-9-7-14-8-12(9)13(17)15(2)10-3-5-11(6-4-10)16(18)19/h3-6,9,12,14H,7-8H2,1-2H3. The van der Waals surface area contributed by atoms with Gasteiger partial charge >= 0.3 is 0 Å². The number of benzene rings is 1. The molecule has 1 amide bonds. The SMILES string of the molecule is CC1CNCC1C(=O)N(C)c1ccc([N+](=O)[O-])cc1. The molecule has 1 aromatic carbocycles. The minimum Gasteiger partial charge on any atom is -0.316 e. The van der Waals surface area contributed by atoms with Crippen LogP contribution in [0.4, 0.5) is 11.4 Å². The van der Waals surface area contributed by atoms with Gasteiger partial charge in [-0.1, -0.05) is 6.92 Å². The fourth-order valence-corrected chi connectivity index (χ4v) is 2.31. The zero-order valence-electron chi connectivity index (χ0n) is 11.0. The van der Waals surface area contributed by atoms with Crippen molar-refractivity contribution in [3.8, 4) is 0 Å². The Morgan fingerprint density at radius 3 is 2.47 bits per heavy atom. The molecule has 6 nitrogen and oxygen atoms in total. The summed E-state index contributed by atoms with van der Waals surface area (Å²) in [7, 11) is 1.70. The van der Waals surface area contributed by atoms with Gasteiger partial charge in [0, 0.05) is 31.4 Å². The maximum absolute atomic E-state index is 12.3. The van der Waals surface area contributed by atoms with Gasteiger partial charge < -0.3 is 10.2 Å². The van der Waals surface area contributed by atoms with Gasteiger partial charge in [0.05, 0.1) is 10.8 Å². The third kappa shape index (κ3) is 2.73. The van der Waals surface area contributed by atoms with E-state index in [9.17, 15) is 14.9 Å². The zero-order chi connectivity index (χ0) is 14.0. The Morgan fingerprint density at radius 2 is 2.00 bits per heavy atom. The molecule has 6 heteroatoms. The lowest BCUT2D eigenvalue weighted by molar-refractivity contribution is -0.384. The van der Waals surface area contributed by atoms with Crippen molar-refractivity contribution in [1.82, 2.24) is 5.32 Å². The molecule has 0 spiro atoms. The van der Waals surface area contributed by atoms with Gasteiger partial charge in [0.1, 0.15) is 0 Å². The Labute approximate surface area is 111 Å². The number of nitrogens with zero attached hydrogens (tertiary/aromatic N) is 2. The molecule has 2 rings (SSSR count). The highest BCUT2D eigenvalue weighted by Gasteiger charge is 2.32. The minimum atomic E-state index is -0.450. The van der Waals surface area contributed by atoms with E-state index in [1.165, 1.54) is 12.1 Å². The highest BCUT2D eigenvalue weighted by molar-refractivity contribution is 5.95. The number of carbonyl (C=O) groups is 1. The number of nitro groups is 1. The van der Waals surface area contributed by atoms with Gasteiger partial charge in [0.25, 0.3) is 5.69 Å². The zero-order valence-corrected chi connectivity index (χ0v) is 11.0. The molecular weight excluding hydrogens is 246 g/mol. The quantitative estimate of drug-likeness (QED) is 0.661. The second-order valence-electron chi connectivity index (χ2n) is 4.91. The third-order valence-electron chi connectivity index (χ3n) is 3.61. The van der Waals surface area contributed by atoms with Crippen LogP contribution in [0, 0.1) is 22.0 Å². The largest absolute Gasteiger partial charge is 0.316 e. The maximum Gasteiger partial charge on any atom is 0.269 e. The summed E-state index contributed by atoms with van der Waals surface area (Å²) >= 11 is 0. The number of nitrogens with one attached hydrogen (secondary N) is 1. The van der Waals surface area contributed by atoms with Crippen molar-refractivity contribution < 1.29 is 9.72 Å². The Hall–Kier alpha value is -1.95. The van der Waals surface area contributed by atoms with Crippen LogP contribution in [0.3, 0.4) is 0 Å². The molecule has 1 fully saturated rings. The van der Waals surface area contributed by atoms with Gasteiger partial charge in [-0.2, -0.15) is 0 Å². The van der Waals surface area contributed by atoms with Crippen LogP contribution >= 0.6 is 0 Å². The highest BCUT2D eigenvalue weighted by atomic mass is 16.6. The first kappa shape index (κ1) is 13.5. The smallest absolute Gasteiger partial charge is 0.269 e. The van der Waals surface area contributed by atoms with E-state index in [2.05, 4.69) is 5.32 Å². The Balaban J connectivity index is 2.12. The Morgan fingerprint density at radius 1 is 1.37 bits per heavy atom. The number of hydrogen-bond acceptors (Lipinski definition) is 4. The molecule has 1 heterocycles. The summed E-state index contributed by atoms with van der Waals surface area (Å²) < 4.78 is 0. The molecule has 102 valence electrons. The number of amides is 1. The summed E-state index contributed by atoms with van der Waals surface area (Å²) in [4.78, 5) is 24.0. The molecule has 0 aromatic heterocycles. The van der Waals surface area contributed by atoms with Crippen LogP contribution in [-0.2, 0) is 4.79 Å². The predicted octanol–water partition coefficient (Wildman–Crippen LogP) is 1.41. The van der Waals surface area contributed by atoms with Crippen LogP contribution in [0.1, 0.15) is 6.92 Å². The molecular formula is C13H17N3O3. The molecule has 0 saturated carbocycles. The van der Waals surface area contributed by atoms with E-state index < -0.39 is 4.92 Å². The second-order valence-corrected chi connectivity index (χ2v) is 4.91. The number of anilines is 1. The summed E-state index contributed by atoms with van der Waals surface area (Å²) in [5, 5.41) is 13.8. The van der Waals surface area contributed by atoms with Crippen LogP contribution < -0.4 is 10.2 Å². The predicted molar refractivity (Wildman–Crippen MR) is 72.0 cm³/mol. The van der Waals surface area contributed by atoms with Gasteiger partial charge in [-0.05, 0) is 24.6 Å². The topological polar surface area (TPSA) is 75.5 Å². The Bertz CT molecular complexity index is 486. The van der Waals surface area contributed by atoms with E-state index in [0.29, 0.717) is 18.2 Å². The lowest BCUT2D eigenvalue weighted by atomic mass is 9.96. The fraction of sp³-hybridized carbons (Fsp3) is 0.462. The summed E-state index contributed by atoms with van der Waals surface area (Å²) in [6.45, 7) is 3.59. The third-order valence-corrected chi connectivity index (χ3v) is 3.61. The van der Waals surface area contributed by atoms with Gasteiger partial charge in [0.15, 0.2) is 0 Å². The van der Waals surface area contributed by atoms with Gasteiger partial charge in [-0.15, -0.1) is 0 Å². The van der Waals surface area contributed by atoms with E-state index >= 15 is 0 Å². The van der Waals surface area contributed by atoms with Crippen molar-refractivity contribution >= 4 is 17.3 Å². The van der Waals surface area contributed by atoms with E-state index in [0.717, 1.165) is 6.54 Å². The lowest BCUT2D eigenvalue weighted by Gasteiger charge is -2.22. The van der Waals surface area contributed by atoms with Crippen molar-refractivity contribution in [1.29, 1.82) is 0 Å². The summed E-state index contributed by atoms with van der Waals surface area (Å²) in [5.41, 5.74) is 0.704. The number of nitro benzene ring substituents is 1. The Kier molecular flexibility index (Phi) is 3.80. The van der Waals surface area contributed by atoms with E-state index in [4.69, 9.17) is 0 Å². The highest BCUT2D eigenvalue weighted by Crippen LogP contribution is 2.23. The van der Waals surface area contributed by atoms with E-state index in [1.54, 1.807) is 24.1 Å². The molecule has 2 atom stereocenters. The van der Waals surface area contributed by atoms with Crippen molar-refractivity contribution in [2.45, 2.75) is 6.92 Å². The van der Waals surface area contributed by atoms with Crippen LogP contribution in [0.15, 0.2) is 24.3 Å². The molecule has 1 N–H and O–H groups in total. The molecule has 0 radical (unpaired) electrons. The maximum atomic E-state index is 12.3. The number of non-ortho nitro benzene ring substituents is 1. The first-order valence-electron chi connectivity index (χ1n) is 6.23. The van der Waals surface area contributed by atoms with Crippen molar-refractivity contribution in [2.24, 2.45) is 11.8 Å². The number of rotatable bonds is 3. The molecule has 1 aliphatic rings. The first-order valence-corrected chi connectivity index (χ1v) is 6.23. The number of carbonyl (C=O) groups excluding carboxylic acids is 1. The van der Waals surface area contributed by atoms with Crippen LogP contribution in [0.5, 0.6) is 0 Å². The van der Waals surface area contributed by atoms with Crippen molar-refractivity contribution in [3.63, 3.8) is 0 Å². The minimum absolute atomic E-state index is 0.0276. The molecule has 0 aliphatic carbocycles. The summed E-state index contributed by atoms with van der Waals surface area (Å²) in [6.07, 6.45) is 0. The molecule has 1 aliphatic heterocycles. The average Bonchev–Trinajstić information content (AvgIpc) is 2.83. The van der Waals surface area contributed by atoms with Crippen molar-refractivity contribution in [3.05, 3.63) is 34.4 Å². The second kappa shape index (κ2) is 5.36. The van der Waals surface area contributed by atoms with Gasteiger partial charge in [-0.3, -0.25) is 14.9 Å². The van der Waals surface area contributed by atoms with E-state index in [1.807, 2.05) is 6.92 Å². The van der Waals surface area contributed by atoms with Crippen LogP contribution in [0.2, 0.25) is 0 Å². The first-order chi connectivity index (χ1) is 9.00. The van der Waals surface area contributed by atoms with Gasteiger partial charge in [0.2, 0.25) is 5.91 Å². The molecule has 2 unspecified atom stereocenters. The molecule has 19 heavy (non-hydrogen) atoms.